The Kier molecular flexibility index (Phi) is 7.54. The highest BCUT2D eigenvalue weighted by Crippen LogP contribution is 2.16. The molecule has 0 aromatic carbocycles. The standard InChI is InChI=1S/C8H15N3O2S.ClH/c1-9-2-3-10-7(12)6-11-4-5-14-8(11)13;/h9H,2-6H2,1H3,(H,10,12);1H. The quantitative estimate of drug-likeness (QED) is 0.673. The lowest BCUT2D eigenvalue weighted by molar-refractivity contribution is -0.121. The summed E-state index contributed by atoms with van der Waals surface area (Å²) in [4.78, 5) is 24.0. The summed E-state index contributed by atoms with van der Waals surface area (Å²) in [5, 5.41) is 5.66. The molecule has 15 heavy (non-hydrogen) atoms. The van der Waals surface area contributed by atoms with Crippen LogP contribution in [0.3, 0.4) is 0 Å². The minimum absolute atomic E-state index is 0. The van der Waals surface area contributed by atoms with E-state index in [1.54, 1.807) is 4.90 Å². The number of likely N-dealkylation sites (N-methyl/N-ethyl adjacent to an activating group) is 1. The number of amides is 2. The number of rotatable bonds is 5. The van der Waals surface area contributed by atoms with Gasteiger partial charge in [0, 0.05) is 25.4 Å². The van der Waals surface area contributed by atoms with Crippen LogP contribution >= 0.6 is 24.2 Å². The van der Waals surface area contributed by atoms with Gasteiger partial charge in [-0.25, -0.2) is 0 Å². The Morgan fingerprint density at radius 3 is 2.80 bits per heavy atom. The smallest absolute Gasteiger partial charge is 0.282 e. The molecule has 0 unspecified atom stereocenters. The molecule has 0 aromatic heterocycles. The van der Waals surface area contributed by atoms with Crippen LogP contribution in [-0.2, 0) is 4.79 Å². The summed E-state index contributed by atoms with van der Waals surface area (Å²) >= 11 is 1.27. The SMILES string of the molecule is CNCCNC(=O)CN1CCSC1=O.Cl. The van der Waals surface area contributed by atoms with Crippen molar-refractivity contribution >= 4 is 35.3 Å². The Labute approximate surface area is 99.7 Å². The van der Waals surface area contributed by atoms with Crippen molar-refractivity contribution in [2.24, 2.45) is 0 Å². The molecule has 7 heteroatoms. The molecule has 0 spiro atoms. The second kappa shape index (κ2) is 7.78. The van der Waals surface area contributed by atoms with Crippen molar-refractivity contribution in [3.63, 3.8) is 0 Å². The lowest BCUT2D eigenvalue weighted by atomic mass is 10.5. The highest BCUT2D eigenvalue weighted by Gasteiger charge is 2.22. The van der Waals surface area contributed by atoms with Gasteiger partial charge in [0.25, 0.3) is 5.24 Å². The first kappa shape index (κ1) is 14.5. The lowest BCUT2D eigenvalue weighted by Gasteiger charge is -2.13. The molecule has 0 radical (unpaired) electrons. The molecule has 1 fully saturated rings. The summed E-state index contributed by atoms with van der Waals surface area (Å²) in [7, 11) is 1.83. The summed E-state index contributed by atoms with van der Waals surface area (Å²) in [6.07, 6.45) is 0. The molecule has 1 aliphatic heterocycles. The van der Waals surface area contributed by atoms with Gasteiger partial charge in [-0.2, -0.15) is 0 Å². The molecule has 0 aromatic rings. The van der Waals surface area contributed by atoms with Crippen molar-refractivity contribution in [1.29, 1.82) is 0 Å². The fourth-order valence-corrected chi connectivity index (χ4v) is 1.95. The summed E-state index contributed by atoms with van der Waals surface area (Å²) < 4.78 is 0. The maximum atomic E-state index is 11.3. The van der Waals surface area contributed by atoms with Crippen LogP contribution in [0.2, 0.25) is 0 Å². The fourth-order valence-electron chi connectivity index (χ4n) is 1.13. The number of nitrogens with one attached hydrogen (secondary N) is 2. The van der Waals surface area contributed by atoms with Gasteiger partial charge in [0.2, 0.25) is 5.91 Å². The zero-order valence-electron chi connectivity index (χ0n) is 8.62. The Morgan fingerprint density at radius 2 is 2.27 bits per heavy atom. The first-order valence-electron chi connectivity index (χ1n) is 4.57. The van der Waals surface area contributed by atoms with Crippen LogP contribution in [0.15, 0.2) is 0 Å². The van der Waals surface area contributed by atoms with E-state index in [1.165, 1.54) is 11.8 Å². The lowest BCUT2D eigenvalue weighted by Crippen LogP contribution is -2.39. The number of nitrogens with zero attached hydrogens (tertiary/aromatic N) is 1. The molecule has 0 atom stereocenters. The van der Waals surface area contributed by atoms with Crippen molar-refractivity contribution < 1.29 is 9.59 Å². The first-order valence-corrected chi connectivity index (χ1v) is 5.55. The van der Waals surface area contributed by atoms with Gasteiger partial charge in [0.05, 0.1) is 0 Å². The third kappa shape index (κ3) is 5.25. The van der Waals surface area contributed by atoms with Gasteiger partial charge in [0.1, 0.15) is 6.54 Å². The van der Waals surface area contributed by atoms with E-state index in [0.717, 1.165) is 12.3 Å². The van der Waals surface area contributed by atoms with E-state index in [9.17, 15) is 9.59 Å². The van der Waals surface area contributed by atoms with Gasteiger partial charge in [-0.05, 0) is 7.05 Å². The Hall–Kier alpha value is -0.460. The van der Waals surface area contributed by atoms with Crippen LogP contribution in [0.5, 0.6) is 0 Å². The zero-order chi connectivity index (χ0) is 10.4. The Balaban J connectivity index is 0.00000196. The predicted octanol–water partition coefficient (Wildman–Crippen LogP) is -0.0874. The third-order valence-electron chi connectivity index (χ3n) is 1.88. The van der Waals surface area contributed by atoms with E-state index in [-0.39, 0.29) is 30.1 Å². The molecule has 1 saturated heterocycles. The number of hydrogen-bond acceptors (Lipinski definition) is 4. The molecule has 1 aliphatic rings. The molecule has 0 saturated carbocycles. The molecule has 0 aliphatic carbocycles. The normalized spacial score (nSPS) is 15.0. The van der Waals surface area contributed by atoms with Crippen molar-refractivity contribution in [1.82, 2.24) is 15.5 Å². The first-order chi connectivity index (χ1) is 6.74. The largest absolute Gasteiger partial charge is 0.353 e. The van der Waals surface area contributed by atoms with E-state index in [4.69, 9.17) is 0 Å². The van der Waals surface area contributed by atoms with Gasteiger partial charge < -0.3 is 15.5 Å². The fraction of sp³-hybridized carbons (Fsp3) is 0.750. The van der Waals surface area contributed by atoms with Crippen LogP contribution < -0.4 is 10.6 Å². The minimum atomic E-state index is -0.0869. The molecule has 0 bridgehead atoms. The molecular weight excluding hydrogens is 238 g/mol. The molecule has 1 heterocycles. The van der Waals surface area contributed by atoms with Crippen molar-refractivity contribution in [2.45, 2.75) is 0 Å². The Bertz CT molecular complexity index is 228. The molecular formula is C8H16ClN3O2S. The molecule has 2 N–H and O–H groups in total. The molecule has 5 nitrogen and oxygen atoms in total. The van der Waals surface area contributed by atoms with Crippen molar-refractivity contribution in [2.75, 3.05) is 39.0 Å². The van der Waals surface area contributed by atoms with E-state index in [1.807, 2.05) is 7.05 Å². The summed E-state index contributed by atoms with van der Waals surface area (Å²) in [5.74, 6) is 0.707. The zero-order valence-corrected chi connectivity index (χ0v) is 10.2. The van der Waals surface area contributed by atoms with E-state index >= 15 is 0 Å². The summed E-state index contributed by atoms with van der Waals surface area (Å²) in [6, 6.07) is 0. The molecule has 88 valence electrons. The van der Waals surface area contributed by atoms with Crippen LogP contribution in [0, 0.1) is 0 Å². The minimum Gasteiger partial charge on any atom is -0.353 e. The van der Waals surface area contributed by atoms with Gasteiger partial charge >= 0.3 is 0 Å². The number of carbonyl (C=O) groups is 2. The summed E-state index contributed by atoms with van der Waals surface area (Å²) in [5.41, 5.74) is 0. The predicted molar refractivity (Wildman–Crippen MR) is 63.6 cm³/mol. The van der Waals surface area contributed by atoms with Crippen LogP contribution in [0.25, 0.3) is 0 Å². The molecule has 2 amide bonds. The average molecular weight is 254 g/mol. The third-order valence-corrected chi connectivity index (χ3v) is 2.77. The van der Waals surface area contributed by atoms with E-state index in [0.29, 0.717) is 13.1 Å². The monoisotopic (exact) mass is 253 g/mol. The highest BCUT2D eigenvalue weighted by atomic mass is 35.5. The second-order valence-corrected chi connectivity index (χ2v) is 4.04. The molecule has 1 rings (SSSR count). The van der Waals surface area contributed by atoms with Crippen LogP contribution in [0.1, 0.15) is 0 Å². The summed E-state index contributed by atoms with van der Waals surface area (Å²) in [6.45, 7) is 2.22. The average Bonchev–Trinajstić information content (AvgIpc) is 2.52. The Morgan fingerprint density at radius 1 is 1.53 bits per heavy atom. The van der Waals surface area contributed by atoms with E-state index < -0.39 is 0 Å². The van der Waals surface area contributed by atoms with Gasteiger partial charge in [-0.1, -0.05) is 11.8 Å². The van der Waals surface area contributed by atoms with Crippen LogP contribution in [-0.4, -0.2) is 55.0 Å². The maximum Gasteiger partial charge on any atom is 0.282 e. The number of carbonyl (C=O) groups excluding carboxylic acids is 2. The second-order valence-electron chi connectivity index (χ2n) is 2.99. The van der Waals surface area contributed by atoms with Crippen molar-refractivity contribution in [3.8, 4) is 0 Å². The number of thioether (sulfide) groups is 1. The van der Waals surface area contributed by atoms with Gasteiger partial charge in [0.15, 0.2) is 0 Å². The topological polar surface area (TPSA) is 61.4 Å². The van der Waals surface area contributed by atoms with Crippen LogP contribution in [0.4, 0.5) is 4.79 Å². The maximum absolute atomic E-state index is 11.3. The number of halogens is 1. The highest BCUT2D eigenvalue weighted by molar-refractivity contribution is 8.13. The number of hydrogen-bond donors (Lipinski definition) is 2. The van der Waals surface area contributed by atoms with Crippen molar-refractivity contribution in [3.05, 3.63) is 0 Å². The van der Waals surface area contributed by atoms with Gasteiger partial charge in [-0.3, -0.25) is 9.59 Å². The van der Waals surface area contributed by atoms with E-state index in [2.05, 4.69) is 10.6 Å². The van der Waals surface area contributed by atoms with Gasteiger partial charge in [-0.15, -0.1) is 12.4 Å².